The lowest BCUT2D eigenvalue weighted by Gasteiger charge is -2.00. The number of hydrogen-bond acceptors (Lipinski definition) is 6. The van der Waals surface area contributed by atoms with E-state index in [2.05, 4.69) is 15.0 Å². The van der Waals surface area contributed by atoms with E-state index in [1.165, 1.54) is 6.33 Å². The maximum atomic E-state index is 11.6. The molecule has 84 valence electrons. The van der Waals surface area contributed by atoms with Crippen LogP contribution < -0.4 is 11.5 Å². The zero-order valence-electron chi connectivity index (χ0n) is 8.65. The second-order valence-corrected chi connectivity index (χ2v) is 3.12. The molecule has 0 atom stereocenters. The van der Waals surface area contributed by atoms with E-state index >= 15 is 0 Å². The summed E-state index contributed by atoms with van der Waals surface area (Å²) in [5, 5.41) is 0. The molecule has 0 fully saturated rings. The zero-order valence-corrected chi connectivity index (χ0v) is 8.65. The Kier molecular flexibility index (Phi) is 2.35. The van der Waals surface area contributed by atoms with E-state index in [0.29, 0.717) is 11.0 Å². The summed E-state index contributed by atoms with van der Waals surface area (Å²) < 4.78 is 4.87. The summed E-state index contributed by atoms with van der Waals surface area (Å²) in [4.78, 5) is 22.1. The monoisotopic (exact) mass is 221 g/mol. The third kappa shape index (κ3) is 1.42. The summed E-state index contributed by atoms with van der Waals surface area (Å²) in [7, 11) is 0. The van der Waals surface area contributed by atoms with Gasteiger partial charge in [-0.3, -0.25) is 0 Å². The molecule has 2 aromatic rings. The van der Waals surface area contributed by atoms with E-state index in [0.717, 1.165) is 0 Å². The van der Waals surface area contributed by atoms with E-state index < -0.39 is 5.97 Å². The lowest BCUT2D eigenvalue weighted by atomic mass is 10.2. The van der Waals surface area contributed by atoms with Crippen molar-refractivity contribution >= 4 is 28.6 Å². The number of hydrogen-bond donors (Lipinski definition) is 3. The van der Waals surface area contributed by atoms with Crippen molar-refractivity contribution in [2.75, 3.05) is 18.1 Å². The molecule has 0 aliphatic heterocycles. The second kappa shape index (κ2) is 3.69. The fourth-order valence-electron chi connectivity index (χ4n) is 1.45. The lowest BCUT2D eigenvalue weighted by molar-refractivity contribution is 0.0530. The van der Waals surface area contributed by atoms with Crippen molar-refractivity contribution in [1.29, 1.82) is 0 Å². The van der Waals surface area contributed by atoms with E-state index in [1.807, 2.05) is 0 Å². The van der Waals surface area contributed by atoms with E-state index in [9.17, 15) is 4.79 Å². The highest BCUT2D eigenvalue weighted by atomic mass is 16.5. The number of H-pyrrole nitrogens is 1. The minimum atomic E-state index is -0.524. The first-order valence-electron chi connectivity index (χ1n) is 4.69. The van der Waals surface area contributed by atoms with Crippen LogP contribution in [0.4, 0.5) is 11.6 Å². The van der Waals surface area contributed by atoms with Gasteiger partial charge < -0.3 is 21.2 Å². The van der Waals surface area contributed by atoms with Gasteiger partial charge >= 0.3 is 5.97 Å². The number of ether oxygens (including phenoxy) is 1. The van der Waals surface area contributed by atoms with Gasteiger partial charge in [-0.1, -0.05) is 0 Å². The molecule has 7 heteroatoms. The van der Waals surface area contributed by atoms with E-state index in [1.54, 1.807) is 6.92 Å². The minimum absolute atomic E-state index is 0.181. The van der Waals surface area contributed by atoms with Crippen molar-refractivity contribution < 1.29 is 9.53 Å². The van der Waals surface area contributed by atoms with Crippen LogP contribution in [0.5, 0.6) is 0 Å². The molecule has 0 radical (unpaired) electrons. The maximum Gasteiger partial charge on any atom is 0.344 e. The van der Waals surface area contributed by atoms with Crippen LogP contribution >= 0.6 is 0 Å². The van der Waals surface area contributed by atoms with Gasteiger partial charge in [0, 0.05) is 0 Å². The van der Waals surface area contributed by atoms with Gasteiger partial charge in [0.25, 0.3) is 0 Å². The highest BCUT2D eigenvalue weighted by Gasteiger charge is 2.20. The quantitative estimate of drug-likeness (QED) is 0.627. The predicted molar refractivity (Wildman–Crippen MR) is 58.7 cm³/mol. The van der Waals surface area contributed by atoms with Gasteiger partial charge in [-0.05, 0) is 6.92 Å². The van der Waals surface area contributed by atoms with E-state index in [4.69, 9.17) is 16.2 Å². The number of carbonyl (C=O) groups excluding carboxylic acids is 1. The molecule has 2 heterocycles. The van der Waals surface area contributed by atoms with Gasteiger partial charge in [-0.2, -0.15) is 0 Å². The lowest BCUT2D eigenvalue weighted by Crippen LogP contribution is -2.07. The molecule has 0 spiro atoms. The van der Waals surface area contributed by atoms with Crippen LogP contribution in [0.2, 0.25) is 0 Å². The number of aromatic amines is 1. The number of nitrogens with two attached hydrogens (primary N) is 2. The molecular weight excluding hydrogens is 210 g/mol. The van der Waals surface area contributed by atoms with Crippen molar-refractivity contribution in [2.45, 2.75) is 6.92 Å². The zero-order chi connectivity index (χ0) is 11.7. The van der Waals surface area contributed by atoms with Crippen molar-refractivity contribution in [3.8, 4) is 0 Å². The molecule has 0 aromatic carbocycles. The highest BCUT2D eigenvalue weighted by Crippen LogP contribution is 2.25. The first-order chi connectivity index (χ1) is 7.65. The van der Waals surface area contributed by atoms with Gasteiger partial charge in [-0.25, -0.2) is 14.8 Å². The van der Waals surface area contributed by atoms with Gasteiger partial charge in [0.15, 0.2) is 5.82 Å². The molecular formula is C9H11N5O2. The Morgan fingerprint density at radius 3 is 2.94 bits per heavy atom. The van der Waals surface area contributed by atoms with Crippen molar-refractivity contribution in [3.63, 3.8) is 0 Å². The molecule has 0 bridgehead atoms. The molecule has 2 aromatic heterocycles. The molecule has 0 unspecified atom stereocenters. The van der Waals surface area contributed by atoms with Crippen LogP contribution in [0.3, 0.4) is 0 Å². The molecule has 0 saturated heterocycles. The molecule has 5 N–H and O–H groups in total. The Morgan fingerprint density at radius 1 is 1.50 bits per heavy atom. The number of nitrogen functional groups attached to an aromatic ring is 2. The molecule has 2 rings (SSSR count). The molecule has 7 nitrogen and oxygen atoms in total. The summed E-state index contributed by atoms with van der Waals surface area (Å²) in [6.07, 6.45) is 1.27. The predicted octanol–water partition coefficient (Wildman–Crippen LogP) is 0.299. The SMILES string of the molecule is CCOC(=O)c1c(N)[nH]c2c(N)ncnc12. The summed E-state index contributed by atoms with van der Waals surface area (Å²) in [5.41, 5.74) is 12.3. The van der Waals surface area contributed by atoms with Crippen LogP contribution in [0.1, 0.15) is 17.3 Å². The third-order valence-corrected chi connectivity index (χ3v) is 2.12. The number of anilines is 2. The number of nitrogens with one attached hydrogen (secondary N) is 1. The van der Waals surface area contributed by atoms with Crippen LogP contribution in [-0.4, -0.2) is 27.5 Å². The fourth-order valence-corrected chi connectivity index (χ4v) is 1.45. The second-order valence-electron chi connectivity index (χ2n) is 3.12. The number of esters is 1. The summed E-state index contributed by atoms with van der Waals surface area (Å²) in [6.45, 7) is 1.98. The first-order valence-corrected chi connectivity index (χ1v) is 4.69. The van der Waals surface area contributed by atoms with Crippen molar-refractivity contribution in [1.82, 2.24) is 15.0 Å². The molecule has 0 amide bonds. The Hall–Kier alpha value is -2.31. The number of nitrogens with zero attached hydrogens (tertiary/aromatic N) is 2. The van der Waals surface area contributed by atoms with Gasteiger partial charge in [0.2, 0.25) is 0 Å². The van der Waals surface area contributed by atoms with Gasteiger partial charge in [-0.15, -0.1) is 0 Å². The normalized spacial score (nSPS) is 10.6. The standard InChI is InChI=1S/C9H11N5O2/c1-2-16-9(15)4-5-6(14-7(4)10)8(11)13-3-12-5/h3,14H,2,10H2,1H3,(H2,11,12,13). The third-order valence-electron chi connectivity index (χ3n) is 2.12. The number of aromatic nitrogens is 3. The van der Waals surface area contributed by atoms with Crippen LogP contribution in [-0.2, 0) is 4.74 Å². The Morgan fingerprint density at radius 2 is 2.25 bits per heavy atom. The number of rotatable bonds is 2. The van der Waals surface area contributed by atoms with Crippen LogP contribution in [0.25, 0.3) is 11.0 Å². The number of carbonyl (C=O) groups is 1. The average Bonchev–Trinajstić information content (AvgIpc) is 2.56. The smallest absolute Gasteiger partial charge is 0.344 e. The summed E-state index contributed by atoms with van der Waals surface area (Å²) in [5.74, 6) is -0.0998. The van der Waals surface area contributed by atoms with Crippen LogP contribution in [0, 0.1) is 0 Å². The molecule has 16 heavy (non-hydrogen) atoms. The van der Waals surface area contributed by atoms with Crippen LogP contribution in [0.15, 0.2) is 6.33 Å². The number of fused-ring (bicyclic) bond motifs is 1. The summed E-state index contributed by atoms with van der Waals surface area (Å²) in [6, 6.07) is 0. The largest absolute Gasteiger partial charge is 0.462 e. The van der Waals surface area contributed by atoms with Crippen molar-refractivity contribution in [3.05, 3.63) is 11.9 Å². The average molecular weight is 221 g/mol. The molecule has 0 aliphatic rings. The maximum absolute atomic E-state index is 11.6. The van der Waals surface area contributed by atoms with E-state index in [-0.39, 0.29) is 23.8 Å². The van der Waals surface area contributed by atoms with Gasteiger partial charge in [0.05, 0.1) is 6.61 Å². The summed E-state index contributed by atoms with van der Waals surface area (Å²) >= 11 is 0. The fraction of sp³-hybridized carbons (Fsp3) is 0.222. The Bertz CT molecular complexity index is 548. The minimum Gasteiger partial charge on any atom is -0.462 e. The molecule has 0 aliphatic carbocycles. The Labute approximate surface area is 90.8 Å². The first kappa shape index (κ1) is 10.2. The Balaban J connectivity index is 2.65. The molecule has 0 saturated carbocycles. The van der Waals surface area contributed by atoms with Gasteiger partial charge in [0.1, 0.15) is 28.7 Å². The highest BCUT2D eigenvalue weighted by molar-refractivity contribution is 6.09. The topological polar surface area (TPSA) is 120 Å². The van der Waals surface area contributed by atoms with Crippen molar-refractivity contribution in [2.24, 2.45) is 0 Å².